The van der Waals surface area contributed by atoms with E-state index >= 15 is 0 Å². The molecule has 1 aromatic heterocycles. The predicted octanol–water partition coefficient (Wildman–Crippen LogP) is 0.895. The van der Waals surface area contributed by atoms with Gasteiger partial charge >= 0.3 is 12.0 Å². The number of imidazole rings is 1. The molecular weight excluding hydrogens is 260 g/mol. The number of aromatic amines is 1. The Balaban J connectivity index is 1.81. The number of amides is 2. The molecule has 0 saturated heterocycles. The number of hydrogen-bond acceptors (Lipinski definition) is 3. The summed E-state index contributed by atoms with van der Waals surface area (Å²) in [6.07, 6.45) is 6.49. The predicted molar refractivity (Wildman–Crippen MR) is 72.2 cm³/mol. The van der Waals surface area contributed by atoms with Crippen molar-refractivity contribution in [3.63, 3.8) is 0 Å². The van der Waals surface area contributed by atoms with Gasteiger partial charge in [-0.2, -0.15) is 0 Å². The summed E-state index contributed by atoms with van der Waals surface area (Å²) in [7, 11) is 0. The van der Waals surface area contributed by atoms with Crippen LogP contribution in [0.4, 0.5) is 4.79 Å². The van der Waals surface area contributed by atoms with E-state index in [0.717, 1.165) is 19.3 Å². The molecule has 0 bridgehead atoms. The van der Waals surface area contributed by atoms with Crippen molar-refractivity contribution in [1.29, 1.82) is 0 Å². The Morgan fingerprint density at radius 1 is 1.55 bits per heavy atom. The zero-order valence-electron chi connectivity index (χ0n) is 11.5. The number of nitrogens with zero attached hydrogens (tertiary/aromatic N) is 1. The average molecular weight is 280 g/mol. The first-order chi connectivity index (χ1) is 9.54. The lowest BCUT2D eigenvalue weighted by Gasteiger charge is -2.17. The summed E-state index contributed by atoms with van der Waals surface area (Å²) in [6, 6.07) is -1.40. The van der Waals surface area contributed by atoms with Crippen molar-refractivity contribution >= 4 is 12.0 Å². The normalized spacial score (nSPS) is 17.2. The molecule has 1 atom stereocenters. The highest BCUT2D eigenvalue weighted by atomic mass is 16.4. The van der Waals surface area contributed by atoms with Crippen LogP contribution in [0, 0.1) is 5.41 Å². The third kappa shape index (κ3) is 3.72. The maximum Gasteiger partial charge on any atom is 0.326 e. The maximum absolute atomic E-state index is 11.8. The molecule has 7 heteroatoms. The van der Waals surface area contributed by atoms with Crippen molar-refractivity contribution in [3.05, 3.63) is 18.2 Å². The highest BCUT2D eigenvalue weighted by Gasteiger charge is 2.40. The number of urea groups is 1. The largest absolute Gasteiger partial charge is 0.480 e. The number of carbonyl (C=O) groups is 2. The van der Waals surface area contributed by atoms with Gasteiger partial charge in [0.2, 0.25) is 0 Å². The van der Waals surface area contributed by atoms with Gasteiger partial charge in [0, 0.05) is 24.9 Å². The third-order valence-electron chi connectivity index (χ3n) is 3.91. The number of carbonyl (C=O) groups excluding carboxylic acids is 1. The molecule has 20 heavy (non-hydrogen) atoms. The Morgan fingerprint density at radius 3 is 2.80 bits per heavy atom. The van der Waals surface area contributed by atoms with Crippen LogP contribution in [-0.2, 0) is 11.2 Å². The minimum atomic E-state index is -1.06. The standard InChI is InChI=1S/C13H20N4O3/c1-2-13(3-4-13)7-15-12(20)17-10(11(18)19)5-9-6-14-8-16-9/h6,8,10H,2-5,7H2,1H3,(H,14,16)(H,18,19)(H2,15,17,20). The second-order valence-corrected chi connectivity index (χ2v) is 5.35. The van der Waals surface area contributed by atoms with Crippen LogP contribution in [0.2, 0.25) is 0 Å². The van der Waals surface area contributed by atoms with E-state index in [1.54, 1.807) is 6.20 Å². The van der Waals surface area contributed by atoms with Crippen molar-refractivity contribution < 1.29 is 14.7 Å². The van der Waals surface area contributed by atoms with Gasteiger partial charge in [0.25, 0.3) is 0 Å². The molecule has 1 heterocycles. The molecule has 0 aliphatic heterocycles. The molecule has 110 valence electrons. The minimum Gasteiger partial charge on any atom is -0.480 e. The van der Waals surface area contributed by atoms with E-state index in [0.29, 0.717) is 12.2 Å². The highest BCUT2D eigenvalue weighted by molar-refractivity contribution is 5.82. The van der Waals surface area contributed by atoms with Gasteiger partial charge in [-0.25, -0.2) is 14.6 Å². The molecule has 2 amide bonds. The molecule has 1 saturated carbocycles. The number of hydrogen-bond donors (Lipinski definition) is 4. The number of nitrogens with one attached hydrogen (secondary N) is 3. The number of aliphatic carboxylic acids is 1. The highest BCUT2D eigenvalue weighted by Crippen LogP contribution is 2.47. The average Bonchev–Trinajstić information content (AvgIpc) is 3.03. The number of H-pyrrole nitrogens is 1. The fourth-order valence-corrected chi connectivity index (χ4v) is 2.13. The minimum absolute atomic E-state index is 0.182. The molecule has 4 N–H and O–H groups in total. The van der Waals surface area contributed by atoms with E-state index in [4.69, 9.17) is 5.11 Å². The summed E-state index contributed by atoms with van der Waals surface area (Å²) in [5.74, 6) is -1.06. The summed E-state index contributed by atoms with van der Waals surface area (Å²) in [6.45, 7) is 2.70. The molecular formula is C13H20N4O3. The fourth-order valence-electron chi connectivity index (χ4n) is 2.13. The van der Waals surface area contributed by atoms with Crippen molar-refractivity contribution in [2.75, 3.05) is 6.54 Å². The fraction of sp³-hybridized carbons (Fsp3) is 0.615. The first kappa shape index (κ1) is 14.4. The topological polar surface area (TPSA) is 107 Å². The Hall–Kier alpha value is -2.05. The van der Waals surface area contributed by atoms with E-state index in [2.05, 4.69) is 27.5 Å². The van der Waals surface area contributed by atoms with E-state index in [9.17, 15) is 9.59 Å². The second-order valence-electron chi connectivity index (χ2n) is 5.35. The van der Waals surface area contributed by atoms with Crippen LogP contribution in [-0.4, -0.2) is 39.7 Å². The van der Waals surface area contributed by atoms with Crippen molar-refractivity contribution in [2.45, 2.75) is 38.6 Å². The molecule has 0 spiro atoms. The van der Waals surface area contributed by atoms with E-state index < -0.39 is 18.0 Å². The van der Waals surface area contributed by atoms with Crippen LogP contribution in [0.1, 0.15) is 31.9 Å². The molecule has 1 aromatic rings. The van der Waals surface area contributed by atoms with Gasteiger partial charge in [-0.1, -0.05) is 6.92 Å². The van der Waals surface area contributed by atoms with Crippen LogP contribution < -0.4 is 10.6 Å². The lowest BCUT2D eigenvalue weighted by atomic mass is 10.0. The summed E-state index contributed by atoms with van der Waals surface area (Å²) >= 11 is 0. The number of carboxylic acid groups (broad SMARTS) is 1. The molecule has 1 fully saturated rings. The first-order valence-electron chi connectivity index (χ1n) is 6.79. The summed E-state index contributed by atoms with van der Waals surface area (Å²) in [5, 5.41) is 14.4. The molecule has 1 aliphatic rings. The van der Waals surface area contributed by atoms with Crippen LogP contribution in [0.15, 0.2) is 12.5 Å². The SMILES string of the molecule is CCC1(CNC(=O)NC(Cc2cnc[nH]2)C(=O)O)CC1. The van der Waals surface area contributed by atoms with Crippen LogP contribution >= 0.6 is 0 Å². The molecule has 0 aromatic carbocycles. The smallest absolute Gasteiger partial charge is 0.326 e. The Kier molecular flexibility index (Phi) is 4.26. The van der Waals surface area contributed by atoms with Gasteiger partial charge in [0.05, 0.1) is 6.33 Å². The zero-order chi connectivity index (χ0) is 14.6. The molecule has 7 nitrogen and oxygen atoms in total. The third-order valence-corrected chi connectivity index (χ3v) is 3.91. The van der Waals surface area contributed by atoms with Crippen LogP contribution in [0.25, 0.3) is 0 Å². The number of rotatable bonds is 7. The molecule has 2 rings (SSSR count). The lowest BCUT2D eigenvalue weighted by molar-refractivity contribution is -0.139. The molecule has 1 aliphatic carbocycles. The summed E-state index contributed by atoms with van der Waals surface area (Å²) in [4.78, 5) is 29.6. The van der Waals surface area contributed by atoms with E-state index in [1.165, 1.54) is 6.33 Å². The maximum atomic E-state index is 11.8. The number of carboxylic acids is 1. The van der Waals surface area contributed by atoms with Crippen LogP contribution in [0.3, 0.4) is 0 Å². The second kappa shape index (κ2) is 5.94. The van der Waals surface area contributed by atoms with Crippen LogP contribution in [0.5, 0.6) is 0 Å². The van der Waals surface area contributed by atoms with Gasteiger partial charge in [-0.3, -0.25) is 0 Å². The Labute approximate surface area is 117 Å². The zero-order valence-corrected chi connectivity index (χ0v) is 11.5. The first-order valence-corrected chi connectivity index (χ1v) is 6.79. The summed E-state index contributed by atoms with van der Waals surface area (Å²) in [5.41, 5.74) is 0.907. The Bertz CT molecular complexity index is 468. The van der Waals surface area contributed by atoms with Crippen molar-refractivity contribution in [1.82, 2.24) is 20.6 Å². The Morgan fingerprint density at radius 2 is 2.30 bits per heavy atom. The van der Waals surface area contributed by atoms with Gasteiger partial charge in [-0.05, 0) is 24.7 Å². The van der Waals surface area contributed by atoms with Gasteiger partial charge < -0.3 is 20.7 Å². The monoisotopic (exact) mass is 280 g/mol. The van der Waals surface area contributed by atoms with Crippen molar-refractivity contribution in [3.8, 4) is 0 Å². The van der Waals surface area contributed by atoms with Crippen molar-refractivity contribution in [2.24, 2.45) is 5.41 Å². The molecule has 1 unspecified atom stereocenters. The lowest BCUT2D eigenvalue weighted by Crippen LogP contribution is -2.48. The van der Waals surface area contributed by atoms with E-state index in [1.807, 2.05) is 0 Å². The van der Waals surface area contributed by atoms with Gasteiger partial charge in [0.15, 0.2) is 0 Å². The van der Waals surface area contributed by atoms with Gasteiger partial charge in [-0.15, -0.1) is 0 Å². The van der Waals surface area contributed by atoms with E-state index in [-0.39, 0.29) is 11.8 Å². The molecule has 0 radical (unpaired) electrons. The van der Waals surface area contributed by atoms with Gasteiger partial charge in [0.1, 0.15) is 6.04 Å². The number of aromatic nitrogens is 2. The summed E-state index contributed by atoms with van der Waals surface area (Å²) < 4.78 is 0. The quantitative estimate of drug-likeness (QED) is 0.595.